The Morgan fingerprint density at radius 1 is 1.19 bits per heavy atom. The third-order valence-corrected chi connectivity index (χ3v) is 7.53. The van der Waals surface area contributed by atoms with Gasteiger partial charge in [0.15, 0.2) is 15.0 Å². The molecule has 0 aliphatic heterocycles. The van der Waals surface area contributed by atoms with Gasteiger partial charge in [0, 0.05) is 12.5 Å². The van der Waals surface area contributed by atoms with Crippen LogP contribution in [0.1, 0.15) is 30.7 Å². The van der Waals surface area contributed by atoms with Crippen molar-refractivity contribution in [1.82, 2.24) is 9.97 Å². The number of aromatic nitrogens is 2. The van der Waals surface area contributed by atoms with Gasteiger partial charge >= 0.3 is 0 Å². The van der Waals surface area contributed by atoms with Gasteiger partial charge in [-0.05, 0) is 55.0 Å². The molecular weight excluding hydrogens is 444 g/mol. The highest BCUT2D eigenvalue weighted by atomic mass is 32.2. The molecule has 0 bridgehead atoms. The number of nitrogens with zero attached hydrogens (tertiary/aromatic N) is 2. The van der Waals surface area contributed by atoms with E-state index in [9.17, 15) is 22.0 Å². The number of thiazole rings is 1. The molecule has 1 fully saturated rings. The Labute approximate surface area is 182 Å². The zero-order valence-corrected chi connectivity index (χ0v) is 18.3. The van der Waals surface area contributed by atoms with Crippen LogP contribution in [0.2, 0.25) is 0 Å². The molecule has 3 atom stereocenters. The summed E-state index contributed by atoms with van der Waals surface area (Å²) in [5, 5.41) is 3.18. The SMILES string of the molecule is CS(=O)(=O)c1ccc(C(CC2C[C@@H](F)[C@H](F)C2)C(=O)Nc2nc3cccnc3s2)cc1. The van der Waals surface area contributed by atoms with Crippen LogP contribution in [0.5, 0.6) is 0 Å². The summed E-state index contributed by atoms with van der Waals surface area (Å²) in [4.78, 5) is 22.5. The minimum atomic E-state index is -3.38. The number of halogens is 2. The molecule has 31 heavy (non-hydrogen) atoms. The van der Waals surface area contributed by atoms with E-state index in [1.54, 1.807) is 30.5 Å². The Kier molecular flexibility index (Phi) is 6.02. The Morgan fingerprint density at radius 2 is 1.87 bits per heavy atom. The van der Waals surface area contributed by atoms with Gasteiger partial charge in [-0.1, -0.05) is 23.5 Å². The molecular formula is C21H21F2N3O3S2. The topological polar surface area (TPSA) is 89.0 Å². The second-order valence-electron chi connectivity index (χ2n) is 7.83. The van der Waals surface area contributed by atoms with Crippen molar-refractivity contribution in [3.8, 4) is 0 Å². The molecule has 0 spiro atoms. The number of pyridine rings is 1. The van der Waals surface area contributed by atoms with Crippen molar-refractivity contribution in [1.29, 1.82) is 0 Å². The molecule has 1 aromatic carbocycles. The summed E-state index contributed by atoms with van der Waals surface area (Å²) >= 11 is 1.23. The quantitative estimate of drug-likeness (QED) is 0.587. The normalized spacial score (nSPS) is 20.7. The van der Waals surface area contributed by atoms with Crippen LogP contribution >= 0.6 is 11.3 Å². The summed E-state index contributed by atoms with van der Waals surface area (Å²) < 4.78 is 50.9. The molecule has 1 aliphatic carbocycles. The lowest BCUT2D eigenvalue weighted by atomic mass is 9.87. The number of hydrogen-bond donors (Lipinski definition) is 1. The number of fused-ring (bicyclic) bond motifs is 1. The lowest BCUT2D eigenvalue weighted by Crippen LogP contribution is -2.23. The maximum atomic E-state index is 13.7. The zero-order chi connectivity index (χ0) is 22.2. The maximum absolute atomic E-state index is 13.7. The van der Waals surface area contributed by atoms with Gasteiger partial charge in [0.05, 0.1) is 10.8 Å². The van der Waals surface area contributed by atoms with Gasteiger partial charge in [0.2, 0.25) is 5.91 Å². The number of hydrogen-bond acceptors (Lipinski definition) is 6. The predicted molar refractivity (Wildman–Crippen MR) is 115 cm³/mol. The maximum Gasteiger partial charge on any atom is 0.233 e. The smallest absolute Gasteiger partial charge is 0.233 e. The van der Waals surface area contributed by atoms with Crippen LogP contribution in [0.25, 0.3) is 10.3 Å². The van der Waals surface area contributed by atoms with Crippen molar-refractivity contribution in [2.75, 3.05) is 11.6 Å². The first kappa shape index (κ1) is 21.8. The van der Waals surface area contributed by atoms with E-state index in [0.29, 0.717) is 21.0 Å². The van der Waals surface area contributed by atoms with E-state index < -0.39 is 28.1 Å². The van der Waals surface area contributed by atoms with Gasteiger partial charge in [-0.2, -0.15) is 0 Å². The lowest BCUT2D eigenvalue weighted by molar-refractivity contribution is -0.118. The number of alkyl halides is 2. The monoisotopic (exact) mass is 465 g/mol. The van der Waals surface area contributed by atoms with Gasteiger partial charge in [-0.3, -0.25) is 4.79 Å². The molecule has 1 aliphatic rings. The number of carbonyl (C=O) groups is 1. The number of benzene rings is 1. The number of nitrogens with one attached hydrogen (secondary N) is 1. The Hall–Kier alpha value is -2.46. The molecule has 0 radical (unpaired) electrons. The van der Waals surface area contributed by atoms with E-state index in [1.165, 1.54) is 23.5 Å². The number of anilines is 1. The molecule has 10 heteroatoms. The van der Waals surface area contributed by atoms with Crippen LogP contribution in [-0.2, 0) is 14.6 Å². The van der Waals surface area contributed by atoms with Crippen molar-refractivity contribution in [3.63, 3.8) is 0 Å². The fourth-order valence-corrected chi connectivity index (χ4v) is 5.35. The molecule has 164 valence electrons. The molecule has 1 saturated carbocycles. The Balaban J connectivity index is 1.60. The highest BCUT2D eigenvalue weighted by Gasteiger charge is 2.37. The fraction of sp³-hybridized carbons (Fsp3) is 0.381. The molecule has 6 nitrogen and oxygen atoms in total. The van der Waals surface area contributed by atoms with Crippen molar-refractivity contribution in [2.24, 2.45) is 5.92 Å². The number of amides is 1. The molecule has 3 aromatic rings. The summed E-state index contributed by atoms with van der Waals surface area (Å²) in [5.74, 6) is -1.34. The van der Waals surface area contributed by atoms with Crippen molar-refractivity contribution in [2.45, 2.75) is 42.4 Å². The molecule has 1 amide bonds. The summed E-state index contributed by atoms with van der Waals surface area (Å²) in [6.07, 6.45) is 0.102. The first-order valence-electron chi connectivity index (χ1n) is 9.81. The highest BCUT2D eigenvalue weighted by Crippen LogP contribution is 2.38. The molecule has 2 aromatic heterocycles. The van der Waals surface area contributed by atoms with Crippen LogP contribution in [0, 0.1) is 5.92 Å². The number of sulfone groups is 1. The van der Waals surface area contributed by atoms with Crippen LogP contribution in [0.4, 0.5) is 13.9 Å². The van der Waals surface area contributed by atoms with E-state index in [2.05, 4.69) is 15.3 Å². The Morgan fingerprint density at radius 3 is 2.48 bits per heavy atom. The minimum absolute atomic E-state index is 0.0669. The number of carbonyl (C=O) groups excluding carboxylic acids is 1. The standard InChI is InChI=1S/C21H21F2N3O3S2/c1-31(28,29)14-6-4-13(5-7-14)15(9-12-10-16(22)17(23)11-12)19(27)26-21-25-18-3-2-8-24-20(18)30-21/h2-8,12,15-17H,9-11H2,1H3,(H,25,26,27)/t15?,16-,17-/m1/s1. The summed E-state index contributed by atoms with van der Waals surface area (Å²) in [5.41, 5.74) is 1.25. The van der Waals surface area contributed by atoms with Gasteiger partial charge < -0.3 is 5.32 Å². The number of rotatable bonds is 6. The second-order valence-corrected chi connectivity index (χ2v) is 10.8. The molecule has 2 heterocycles. The van der Waals surface area contributed by atoms with Crippen molar-refractivity contribution < 1.29 is 22.0 Å². The van der Waals surface area contributed by atoms with Gasteiger partial charge in [-0.25, -0.2) is 27.2 Å². The van der Waals surface area contributed by atoms with E-state index in [4.69, 9.17) is 0 Å². The largest absolute Gasteiger partial charge is 0.301 e. The minimum Gasteiger partial charge on any atom is -0.301 e. The van der Waals surface area contributed by atoms with Gasteiger partial charge in [0.25, 0.3) is 0 Å². The second kappa shape index (κ2) is 8.58. The van der Waals surface area contributed by atoms with E-state index in [-0.39, 0.29) is 36.0 Å². The van der Waals surface area contributed by atoms with E-state index in [0.717, 1.165) is 6.26 Å². The Bertz CT molecular complexity index is 1160. The van der Waals surface area contributed by atoms with Crippen LogP contribution in [-0.4, -0.2) is 42.9 Å². The zero-order valence-electron chi connectivity index (χ0n) is 16.7. The predicted octanol–water partition coefficient (Wildman–Crippen LogP) is 4.29. The molecule has 4 rings (SSSR count). The lowest BCUT2D eigenvalue weighted by Gasteiger charge is -2.20. The van der Waals surface area contributed by atoms with Crippen molar-refractivity contribution in [3.05, 3.63) is 48.2 Å². The van der Waals surface area contributed by atoms with Crippen LogP contribution in [0.15, 0.2) is 47.5 Å². The van der Waals surface area contributed by atoms with Gasteiger partial charge in [-0.15, -0.1) is 0 Å². The summed E-state index contributed by atoms with van der Waals surface area (Å²) in [6.45, 7) is 0. The summed E-state index contributed by atoms with van der Waals surface area (Å²) in [6, 6.07) is 9.58. The molecule has 1 N–H and O–H groups in total. The van der Waals surface area contributed by atoms with E-state index in [1.807, 2.05) is 0 Å². The highest BCUT2D eigenvalue weighted by molar-refractivity contribution is 7.90. The molecule has 1 unspecified atom stereocenters. The third-order valence-electron chi connectivity index (χ3n) is 5.50. The summed E-state index contributed by atoms with van der Waals surface area (Å²) in [7, 11) is -3.38. The van der Waals surface area contributed by atoms with Crippen molar-refractivity contribution >= 4 is 42.6 Å². The average molecular weight is 466 g/mol. The average Bonchev–Trinajstić information content (AvgIpc) is 3.27. The first-order chi connectivity index (χ1) is 14.7. The van der Waals surface area contributed by atoms with Gasteiger partial charge in [0.1, 0.15) is 22.7 Å². The van der Waals surface area contributed by atoms with Crippen LogP contribution in [0.3, 0.4) is 0 Å². The van der Waals surface area contributed by atoms with E-state index >= 15 is 0 Å². The third kappa shape index (κ3) is 4.90. The molecule has 0 saturated heterocycles. The first-order valence-corrected chi connectivity index (χ1v) is 12.5. The van der Waals surface area contributed by atoms with Crippen LogP contribution < -0.4 is 5.32 Å². The fourth-order valence-electron chi connectivity index (χ4n) is 3.91.